The minimum absolute atomic E-state index is 0.00644. The third-order valence-corrected chi connectivity index (χ3v) is 8.89. The van der Waals surface area contributed by atoms with E-state index in [1.807, 2.05) is 6.07 Å². The Hall–Kier alpha value is -4.98. The van der Waals surface area contributed by atoms with Crippen LogP contribution < -0.4 is 10.6 Å². The Labute approximate surface area is 268 Å². The van der Waals surface area contributed by atoms with Gasteiger partial charge in [-0.2, -0.15) is 22.1 Å². The van der Waals surface area contributed by atoms with Gasteiger partial charge in [-0.15, -0.1) is 0 Å². The molecular weight excluding hydrogens is 662 g/mol. The first-order valence-electron chi connectivity index (χ1n) is 12.9. The number of nitrogens with zero attached hydrogens (tertiary/aromatic N) is 2. The smallest absolute Gasteiger partial charge is 0.355 e. The number of allylic oxidation sites excluding steroid dienone is 1. The van der Waals surface area contributed by atoms with E-state index in [9.17, 15) is 40.8 Å². The first-order valence-corrected chi connectivity index (χ1v) is 16.1. The molecule has 1 atom stereocenters. The fraction of sp³-hybridized carbons (Fsp3) is 0.100. The highest BCUT2D eigenvalue weighted by Gasteiger charge is 2.43. The van der Waals surface area contributed by atoms with Crippen molar-refractivity contribution in [3.8, 4) is 6.07 Å². The number of carbonyl (C=O) groups is 2. The van der Waals surface area contributed by atoms with Crippen LogP contribution >= 0.6 is 11.6 Å². The predicted molar refractivity (Wildman–Crippen MR) is 166 cm³/mol. The standard InChI is InChI=1S/C30H24ClN3O10S2/c1-43-29(35)26-25(19-6-4-3-5-7-19)22(16-32)28(33)34(27(26)30(36)44-2)21-13-11-18(24(15-21)46(40,41)42)9-8-17-10-12-20(31)14-23(17)45(37,38)39/h3-15,25H,33H2,1-2H3,(H,37,38,39)(H,40,41,42). The lowest BCUT2D eigenvalue weighted by atomic mass is 9.81. The van der Waals surface area contributed by atoms with E-state index in [0.717, 1.165) is 43.4 Å². The second-order valence-corrected chi connectivity index (χ2v) is 12.7. The lowest BCUT2D eigenvalue weighted by molar-refractivity contribution is -0.139. The Bertz CT molecular complexity index is 2100. The Morgan fingerprint density at radius 3 is 1.96 bits per heavy atom. The molecule has 0 bridgehead atoms. The Balaban J connectivity index is 1.99. The maximum Gasteiger partial charge on any atom is 0.355 e. The van der Waals surface area contributed by atoms with Crippen molar-refractivity contribution in [3.63, 3.8) is 0 Å². The molecule has 4 N–H and O–H groups in total. The summed E-state index contributed by atoms with van der Waals surface area (Å²) in [6.45, 7) is 0. The number of ether oxygens (including phenoxy) is 2. The van der Waals surface area contributed by atoms with E-state index in [-0.39, 0.29) is 38.8 Å². The van der Waals surface area contributed by atoms with Gasteiger partial charge >= 0.3 is 11.9 Å². The zero-order valence-corrected chi connectivity index (χ0v) is 26.3. The summed E-state index contributed by atoms with van der Waals surface area (Å²) in [6, 6.07) is 17.1. The summed E-state index contributed by atoms with van der Waals surface area (Å²) in [5.41, 5.74) is 5.45. The third kappa shape index (κ3) is 6.66. The largest absolute Gasteiger partial charge is 0.466 e. The van der Waals surface area contributed by atoms with Crippen molar-refractivity contribution in [2.24, 2.45) is 5.73 Å². The van der Waals surface area contributed by atoms with Gasteiger partial charge in [0, 0.05) is 10.7 Å². The highest BCUT2D eigenvalue weighted by molar-refractivity contribution is 7.86. The first-order chi connectivity index (χ1) is 21.6. The van der Waals surface area contributed by atoms with Crippen LogP contribution in [0.2, 0.25) is 5.02 Å². The number of carbonyl (C=O) groups excluding carboxylic acids is 2. The molecule has 0 radical (unpaired) electrons. The molecule has 0 amide bonds. The van der Waals surface area contributed by atoms with Crippen molar-refractivity contribution in [1.29, 1.82) is 5.26 Å². The average molecular weight is 686 g/mol. The molecule has 1 aliphatic heterocycles. The lowest BCUT2D eigenvalue weighted by Gasteiger charge is -2.36. The molecule has 46 heavy (non-hydrogen) atoms. The molecule has 0 fully saturated rings. The van der Waals surface area contributed by atoms with Crippen LogP contribution in [-0.2, 0) is 39.3 Å². The second kappa shape index (κ2) is 13.2. The Morgan fingerprint density at radius 1 is 0.891 bits per heavy atom. The van der Waals surface area contributed by atoms with Gasteiger partial charge in [0.05, 0.1) is 37.4 Å². The quantitative estimate of drug-likeness (QED) is 0.174. The molecule has 238 valence electrons. The number of nitriles is 1. The van der Waals surface area contributed by atoms with E-state index in [0.29, 0.717) is 5.56 Å². The Kier molecular flexibility index (Phi) is 9.71. The van der Waals surface area contributed by atoms with Gasteiger partial charge in [0.1, 0.15) is 21.3 Å². The van der Waals surface area contributed by atoms with Crippen LogP contribution in [0.1, 0.15) is 22.6 Å². The SMILES string of the molecule is COC(=O)C1=C(C(=O)OC)N(c2ccc(C=Cc3ccc(Cl)cc3S(=O)(=O)O)c(S(=O)(=O)O)c2)C(N)=C(C#N)C1c1ccccc1. The number of methoxy groups -OCH3 is 2. The van der Waals surface area contributed by atoms with Crippen LogP contribution in [-0.4, -0.2) is 52.1 Å². The number of hydrogen-bond donors (Lipinski definition) is 3. The van der Waals surface area contributed by atoms with Crippen LogP contribution in [0.15, 0.2) is 99.2 Å². The monoisotopic (exact) mass is 685 g/mol. The van der Waals surface area contributed by atoms with E-state index in [1.54, 1.807) is 30.3 Å². The van der Waals surface area contributed by atoms with Crippen LogP contribution in [0.3, 0.4) is 0 Å². The van der Waals surface area contributed by atoms with Crippen LogP contribution in [0.25, 0.3) is 12.2 Å². The average Bonchev–Trinajstić information content (AvgIpc) is 3.02. The van der Waals surface area contributed by atoms with Crippen LogP contribution in [0, 0.1) is 11.3 Å². The maximum atomic E-state index is 13.3. The van der Waals surface area contributed by atoms with Crippen LogP contribution in [0.4, 0.5) is 5.69 Å². The molecule has 0 aliphatic carbocycles. The van der Waals surface area contributed by atoms with Gasteiger partial charge in [-0.05, 0) is 41.0 Å². The van der Waals surface area contributed by atoms with Gasteiger partial charge < -0.3 is 15.2 Å². The highest BCUT2D eigenvalue weighted by Crippen LogP contribution is 2.43. The van der Waals surface area contributed by atoms with Gasteiger partial charge in [-0.25, -0.2) is 9.59 Å². The first kappa shape index (κ1) is 33.9. The molecule has 3 aromatic carbocycles. The van der Waals surface area contributed by atoms with Crippen molar-refractivity contribution >= 4 is 61.6 Å². The number of nitrogens with two attached hydrogens (primary N) is 1. The van der Waals surface area contributed by atoms with Crippen molar-refractivity contribution in [2.75, 3.05) is 19.1 Å². The molecule has 0 spiro atoms. The normalized spacial score (nSPS) is 15.6. The minimum atomic E-state index is -5.02. The zero-order valence-electron chi connectivity index (χ0n) is 23.9. The molecule has 3 aromatic rings. The minimum Gasteiger partial charge on any atom is -0.466 e. The lowest BCUT2D eigenvalue weighted by Crippen LogP contribution is -2.40. The number of benzene rings is 3. The molecule has 1 heterocycles. The number of rotatable bonds is 8. The molecule has 4 rings (SSSR count). The highest BCUT2D eigenvalue weighted by atomic mass is 35.5. The van der Waals surface area contributed by atoms with Gasteiger partial charge in [0.15, 0.2) is 0 Å². The van der Waals surface area contributed by atoms with Gasteiger partial charge in [0.25, 0.3) is 20.2 Å². The Morgan fingerprint density at radius 2 is 1.43 bits per heavy atom. The predicted octanol–water partition coefficient (Wildman–Crippen LogP) is 3.90. The molecule has 1 aliphatic rings. The van der Waals surface area contributed by atoms with Gasteiger partial charge in [-0.1, -0.05) is 66.2 Å². The molecule has 1 unspecified atom stereocenters. The fourth-order valence-electron chi connectivity index (χ4n) is 4.85. The maximum absolute atomic E-state index is 13.3. The summed E-state index contributed by atoms with van der Waals surface area (Å²) in [6.07, 6.45) is 2.30. The van der Waals surface area contributed by atoms with Gasteiger partial charge in [0.2, 0.25) is 0 Å². The molecule has 0 aromatic heterocycles. The van der Waals surface area contributed by atoms with E-state index in [1.165, 1.54) is 24.3 Å². The molecule has 0 saturated heterocycles. The summed E-state index contributed by atoms with van der Waals surface area (Å²) in [5, 5.41) is 10.2. The second-order valence-electron chi connectivity index (χ2n) is 9.52. The number of hydrogen-bond acceptors (Lipinski definition) is 11. The van der Waals surface area contributed by atoms with E-state index < -0.39 is 53.6 Å². The van der Waals surface area contributed by atoms with E-state index in [4.69, 9.17) is 26.8 Å². The number of esters is 2. The molecule has 13 nitrogen and oxygen atoms in total. The summed E-state index contributed by atoms with van der Waals surface area (Å²) >= 11 is 5.86. The summed E-state index contributed by atoms with van der Waals surface area (Å²) < 4.78 is 78.6. The summed E-state index contributed by atoms with van der Waals surface area (Å²) in [4.78, 5) is 26.2. The van der Waals surface area contributed by atoms with Crippen LogP contribution in [0.5, 0.6) is 0 Å². The molecule has 16 heteroatoms. The summed E-state index contributed by atoms with van der Waals surface area (Å²) in [5.74, 6) is -3.62. The van der Waals surface area contributed by atoms with Gasteiger partial charge in [-0.3, -0.25) is 14.0 Å². The van der Waals surface area contributed by atoms with E-state index >= 15 is 0 Å². The number of anilines is 1. The van der Waals surface area contributed by atoms with E-state index in [2.05, 4.69) is 0 Å². The number of halogens is 1. The fourth-order valence-corrected chi connectivity index (χ4v) is 6.50. The summed E-state index contributed by atoms with van der Waals surface area (Å²) in [7, 11) is -7.65. The topological polar surface area (TPSA) is 214 Å². The molecule has 0 saturated carbocycles. The molecular formula is C30H24ClN3O10S2. The zero-order chi connectivity index (χ0) is 34.0. The van der Waals surface area contributed by atoms with Crippen molar-refractivity contribution in [3.05, 3.63) is 111 Å². The van der Waals surface area contributed by atoms with Crippen molar-refractivity contribution in [2.45, 2.75) is 15.7 Å². The van der Waals surface area contributed by atoms with Crippen molar-refractivity contribution < 1.29 is 45.0 Å². The third-order valence-electron chi connectivity index (χ3n) is 6.84. The van der Waals surface area contributed by atoms with Crippen molar-refractivity contribution in [1.82, 2.24) is 0 Å².